The van der Waals surface area contributed by atoms with Crippen molar-refractivity contribution in [2.45, 2.75) is 31.8 Å². The summed E-state index contributed by atoms with van der Waals surface area (Å²) in [5.74, 6) is 0.326. The van der Waals surface area contributed by atoms with Gasteiger partial charge >= 0.3 is 0 Å². The lowest BCUT2D eigenvalue weighted by Crippen LogP contribution is -2.20. The quantitative estimate of drug-likeness (QED) is 0.269. The molecule has 0 fully saturated rings. The minimum absolute atomic E-state index is 0.0443. The number of carbonyl (C=O) groups excluding carboxylic acids is 1. The number of aryl methyl sites for hydroxylation is 4. The molecule has 5 rings (SSSR count). The Balaban J connectivity index is 1.49. The van der Waals surface area contributed by atoms with E-state index in [9.17, 15) is 9.59 Å². The van der Waals surface area contributed by atoms with Crippen LogP contribution in [0.1, 0.15) is 31.9 Å². The minimum Gasteiger partial charge on any atom is -0.293 e. The summed E-state index contributed by atoms with van der Waals surface area (Å²) in [5, 5.41) is 3.57. The summed E-state index contributed by atoms with van der Waals surface area (Å²) in [4.78, 5) is 32.4. The highest BCUT2D eigenvalue weighted by Gasteiger charge is 2.20. The number of nitrogens with zero attached hydrogens (tertiary/aromatic N) is 2. The van der Waals surface area contributed by atoms with Crippen LogP contribution in [0.2, 0.25) is 0 Å². The Morgan fingerprint density at radius 2 is 1.90 bits per heavy atom. The summed E-state index contributed by atoms with van der Waals surface area (Å²) in [5.41, 5.74) is 4.38. The van der Waals surface area contributed by atoms with Crippen LogP contribution in [-0.4, -0.2) is 21.1 Å². The average molecular weight is 421 g/mol. The van der Waals surface area contributed by atoms with Gasteiger partial charge in [0.05, 0.1) is 11.1 Å². The maximum atomic E-state index is 13.1. The van der Waals surface area contributed by atoms with Gasteiger partial charge in [0.2, 0.25) is 0 Å². The molecule has 2 heterocycles. The van der Waals surface area contributed by atoms with Crippen molar-refractivity contribution < 1.29 is 4.79 Å². The Hall–Kier alpha value is -2.44. The molecule has 0 saturated carbocycles. The van der Waals surface area contributed by atoms with E-state index in [4.69, 9.17) is 0 Å². The number of thioether (sulfide) groups is 1. The van der Waals surface area contributed by atoms with Crippen LogP contribution in [-0.2, 0) is 19.9 Å². The SMILES string of the molecule is Cc1sc2nc(SCC(=O)c3ccc4c5c(cccc35)CC4)n(C)c(=O)c2c1C. The van der Waals surface area contributed by atoms with Gasteiger partial charge in [-0.15, -0.1) is 11.3 Å². The van der Waals surface area contributed by atoms with Crippen molar-refractivity contribution in [1.82, 2.24) is 9.55 Å². The average Bonchev–Trinajstić information content (AvgIpc) is 3.26. The number of rotatable bonds is 4. The number of carbonyl (C=O) groups is 1. The van der Waals surface area contributed by atoms with Gasteiger partial charge in [0, 0.05) is 17.5 Å². The van der Waals surface area contributed by atoms with Crippen LogP contribution in [0, 0.1) is 13.8 Å². The van der Waals surface area contributed by atoms with E-state index < -0.39 is 0 Å². The lowest BCUT2D eigenvalue weighted by molar-refractivity contribution is 0.102. The smallest absolute Gasteiger partial charge is 0.262 e. The molecule has 6 heteroatoms. The zero-order valence-corrected chi connectivity index (χ0v) is 18.2. The van der Waals surface area contributed by atoms with Crippen molar-refractivity contribution in [2.75, 3.05) is 5.75 Å². The molecule has 1 aliphatic rings. The Labute approximate surface area is 176 Å². The first kappa shape index (κ1) is 18.6. The van der Waals surface area contributed by atoms with Crippen molar-refractivity contribution in [1.29, 1.82) is 0 Å². The van der Waals surface area contributed by atoms with Crippen molar-refractivity contribution >= 4 is 49.9 Å². The van der Waals surface area contributed by atoms with Crippen molar-refractivity contribution in [3.05, 3.63) is 67.8 Å². The summed E-state index contributed by atoms with van der Waals surface area (Å²) in [6.45, 7) is 3.97. The molecule has 0 N–H and O–H groups in total. The molecule has 0 bridgehead atoms. The second-order valence-corrected chi connectivity index (χ2v) is 9.69. The van der Waals surface area contributed by atoms with E-state index in [1.165, 1.54) is 39.6 Å². The third-order valence-corrected chi connectivity index (χ3v) is 8.01. The first-order chi connectivity index (χ1) is 14.0. The van der Waals surface area contributed by atoms with Gasteiger partial charge < -0.3 is 0 Å². The summed E-state index contributed by atoms with van der Waals surface area (Å²) < 4.78 is 1.56. The summed E-state index contributed by atoms with van der Waals surface area (Å²) >= 11 is 2.87. The van der Waals surface area contributed by atoms with E-state index in [1.807, 2.05) is 32.0 Å². The Bertz CT molecular complexity index is 1370. The van der Waals surface area contributed by atoms with E-state index in [0.717, 1.165) is 39.1 Å². The van der Waals surface area contributed by atoms with Crippen LogP contribution in [0.5, 0.6) is 0 Å². The van der Waals surface area contributed by atoms with Gasteiger partial charge in [-0.1, -0.05) is 42.1 Å². The van der Waals surface area contributed by atoms with Crippen LogP contribution in [0.25, 0.3) is 21.0 Å². The van der Waals surface area contributed by atoms with Gasteiger partial charge in [0.25, 0.3) is 5.56 Å². The molecule has 4 aromatic rings. The standard InChI is InChI=1S/C23H20N2O2S2/c1-12-13(2)29-21-19(12)22(27)25(3)23(24-21)28-11-18(26)16-10-9-15-8-7-14-5-4-6-17(16)20(14)15/h4-6,9-10H,7-8,11H2,1-3H3. The highest BCUT2D eigenvalue weighted by atomic mass is 32.2. The highest BCUT2D eigenvalue weighted by molar-refractivity contribution is 7.99. The summed E-state index contributed by atoms with van der Waals surface area (Å²) in [6.07, 6.45) is 2.09. The molecule has 146 valence electrons. The zero-order valence-electron chi connectivity index (χ0n) is 16.5. The van der Waals surface area contributed by atoms with E-state index in [2.05, 4.69) is 17.1 Å². The largest absolute Gasteiger partial charge is 0.293 e. The molecular weight excluding hydrogens is 400 g/mol. The third-order valence-electron chi connectivity index (χ3n) is 5.88. The number of fused-ring (bicyclic) bond motifs is 1. The maximum absolute atomic E-state index is 13.1. The van der Waals surface area contributed by atoms with Crippen molar-refractivity contribution in [3.63, 3.8) is 0 Å². The fraction of sp³-hybridized carbons (Fsp3) is 0.261. The van der Waals surface area contributed by atoms with Gasteiger partial charge in [-0.2, -0.15) is 0 Å². The number of Topliss-reactive ketones (excluding diaryl/α,β-unsaturated/α-hetero) is 1. The van der Waals surface area contributed by atoms with Crippen LogP contribution in [0.15, 0.2) is 40.3 Å². The topological polar surface area (TPSA) is 52.0 Å². The Kier molecular flexibility index (Phi) is 4.37. The van der Waals surface area contributed by atoms with Crippen LogP contribution < -0.4 is 5.56 Å². The molecular formula is C23H20N2O2S2. The van der Waals surface area contributed by atoms with E-state index in [-0.39, 0.29) is 17.1 Å². The zero-order chi connectivity index (χ0) is 20.3. The monoisotopic (exact) mass is 420 g/mol. The molecule has 0 unspecified atom stereocenters. The van der Waals surface area contributed by atoms with E-state index in [0.29, 0.717) is 10.5 Å². The van der Waals surface area contributed by atoms with Gasteiger partial charge in [0.15, 0.2) is 10.9 Å². The number of ketones is 1. The fourth-order valence-electron chi connectivity index (χ4n) is 4.18. The van der Waals surface area contributed by atoms with Gasteiger partial charge in [-0.25, -0.2) is 4.98 Å². The summed E-state index contributed by atoms with van der Waals surface area (Å²) in [6, 6.07) is 10.3. The number of thiophene rings is 1. The van der Waals surface area contributed by atoms with Gasteiger partial charge in [-0.3, -0.25) is 14.2 Å². The molecule has 0 aliphatic heterocycles. The Morgan fingerprint density at radius 1 is 1.14 bits per heavy atom. The molecule has 0 spiro atoms. The number of hydrogen-bond donors (Lipinski definition) is 0. The molecule has 2 aromatic carbocycles. The second-order valence-electron chi connectivity index (χ2n) is 7.55. The number of hydrogen-bond acceptors (Lipinski definition) is 5. The molecule has 0 atom stereocenters. The molecule has 0 saturated heterocycles. The second kappa shape index (κ2) is 6.82. The van der Waals surface area contributed by atoms with Gasteiger partial charge in [-0.05, 0) is 54.2 Å². The Morgan fingerprint density at radius 3 is 2.69 bits per heavy atom. The lowest BCUT2D eigenvalue weighted by atomic mass is 9.98. The highest BCUT2D eigenvalue weighted by Crippen LogP contribution is 2.34. The number of benzene rings is 2. The van der Waals surface area contributed by atoms with E-state index in [1.54, 1.807) is 11.6 Å². The molecule has 0 amide bonds. The fourth-order valence-corrected chi connectivity index (χ4v) is 6.11. The van der Waals surface area contributed by atoms with Crippen molar-refractivity contribution in [2.24, 2.45) is 7.05 Å². The van der Waals surface area contributed by atoms with Crippen LogP contribution in [0.4, 0.5) is 0 Å². The minimum atomic E-state index is -0.0443. The molecule has 2 aromatic heterocycles. The normalized spacial score (nSPS) is 12.9. The van der Waals surface area contributed by atoms with Gasteiger partial charge in [0.1, 0.15) is 4.83 Å². The van der Waals surface area contributed by atoms with Crippen molar-refractivity contribution in [3.8, 4) is 0 Å². The summed E-state index contributed by atoms with van der Waals surface area (Å²) in [7, 11) is 1.73. The number of aromatic nitrogens is 2. The molecule has 0 radical (unpaired) electrons. The third kappa shape index (κ3) is 2.85. The van der Waals surface area contributed by atoms with Crippen LogP contribution >= 0.6 is 23.1 Å². The molecule has 4 nitrogen and oxygen atoms in total. The predicted octanol–water partition coefficient (Wildman–Crippen LogP) is 4.84. The predicted molar refractivity (Wildman–Crippen MR) is 121 cm³/mol. The lowest BCUT2D eigenvalue weighted by Gasteiger charge is -2.09. The molecule has 1 aliphatic carbocycles. The first-order valence-corrected chi connectivity index (χ1v) is 11.4. The molecule has 29 heavy (non-hydrogen) atoms. The van der Waals surface area contributed by atoms with E-state index >= 15 is 0 Å². The van der Waals surface area contributed by atoms with Crippen LogP contribution in [0.3, 0.4) is 0 Å². The first-order valence-electron chi connectivity index (χ1n) is 9.62. The maximum Gasteiger partial charge on any atom is 0.262 e.